The van der Waals surface area contributed by atoms with Crippen molar-refractivity contribution in [3.63, 3.8) is 0 Å². The molecule has 8 heteroatoms. The van der Waals surface area contributed by atoms with Gasteiger partial charge in [-0.2, -0.15) is 0 Å². The van der Waals surface area contributed by atoms with Crippen LogP contribution in [0.3, 0.4) is 0 Å². The van der Waals surface area contributed by atoms with Gasteiger partial charge in [-0.25, -0.2) is 13.2 Å². The van der Waals surface area contributed by atoms with Crippen LogP contribution in [0.4, 0.5) is 18.9 Å². The minimum absolute atomic E-state index is 0.0358. The van der Waals surface area contributed by atoms with Crippen LogP contribution in [0.1, 0.15) is 51.0 Å². The lowest BCUT2D eigenvalue weighted by Crippen LogP contribution is -2.59. The Morgan fingerprint density at radius 3 is 2.11 bits per heavy atom. The van der Waals surface area contributed by atoms with E-state index in [2.05, 4.69) is 23.6 Å². The normalized spacial score (nSPS) is 33.7. The number of halogens is 3. The van der Waals surface area contributed by atoms with Crippen LogP contribution in [0.25, 0.3) is 0 Å². The van der Waals surface area contributed by atoms with Crippen molar-refractivity contribution < 1.29 is 22.7 Å². The van der Waals surface area contributed by atoms with Crippen LogP contribution in [0, 0.1) is 23.4 Å². The monoisotopic (exact) mass is 527 g/mol. The lowest BCUT2D eigenvalue weighted by Gasteiger charge is -2.46. The Morgan fingerprint density at radius 2 is 1.47 bits per heavy atom. The van der Waals surface area contributed by atoms with E-state index in [1.165, 1.54) is 24.3 Å². The lowest BCUT2D eigenvalue weighted by atomic mass is 9.87. The highest BCUT2D eigenvalue weighted by atomic mass is 19.1. The van der Waals surface area contributed by atoms with Crippen LogP contribution >= 0.6 is 0 Å². The van der Waals surface area contributed by atoms with E-state index >= 15 is 4.39 Å². The molecule has 4 unspecified atom stereocenters. The molecule has 6 rings (SSSR count). The van der Waals surface area contributed by atoms with Crippen molar-refractivity contribution in [2.45, 2.75) is 75.8 Å². The van der Waals surface area contributed by atoms with Crippen LogP contribution in [-0.2, 0) is 9.53 Å². The first kappa shape index (κ1) is 25.7. The molecule has 0 aromatic heterocycles. The van der Waals surface area contributed by atoms with Crippen LogP contribution in [0.2, 0.25) is 0 Å². The molecular formula is C30H36F3N3O2. The maximum atomic E-state index is 15.0. The number of carbonyl (C=O) groups is 1. The third-order valence-corrected chi connectivity index (χ3v) is 9.16. The van der Waals surface area contributed by atoms with E-state index in [-0.39, 0.29) is 41.9 Å². The Labute approximate surface area is 222 Å². The SMILES string of the molecule is C[C@@H]1CN(C(=O)C2CN(C3CC4CCC(C3)O4)CC2c2ccc(F)cc2F)C[C@H](C)N1c1ccc(F)cc1. The molecule has 0 saturated carbocycles. The van der Waals surface area contributed by atoms with E-state index in [0.717, 1.165) is 37.4 Å². The predicted molar refractivity (Wildman–Crippen MR) is 139 cm³/mol. The number of carbonyl (C=O) groups excluding carboxylic acids is 1. The van der Waals surface area contributed by atoms with Crippen molar-refractivity contribution in [3.8, 4) is 0 Å². The highest BCUT2D eigenvalue weighted by molar-refractivity contribution is 5.81. The van der Waals surface area contributed by atoms with Gasteiger partial charge in [0.2, 0.25) is 5.91 Å². The van der Waals surface area contributed by atoms with E-state index in [1.807, 2.05) is 4.90 Å². The minimum Gasteiger partial charge on any atom is -0.375 e. The number of hydrogen-bond acceptors (Lipinski definition) is 4. The molecule has 0 aliphatic carbocycles. The van der Waals surface area contributed by atoms with Crippen molar-refractivity contribution in [2.75, 3.05) is 31.1 Å². The molecule has 204 valence electrons. The highest BCUT2D eigenvalue weighted by Crippen LogP contribution is 2.42. The number of piperazine rings is 1. The number of anilines is 1. The Balaban J connectivity index is 1.23. The van der Waals surface area contributed by atoms with Gasteiger partial charge in [0.1, 0.15) is 17.5 Å². The topological polar surface area (TPSA) is 36.0 Å². The maximum absolute atomic E-state index is 15.0. The van der Waals surface area contributed by atoms with E-state index in [0.29, 0.717) is 37.8 Å². The molecule has 4 heterocycles. The van der Waals surface area contributed by atoms with E-state index in [1.54, 1.807) is 12.1 Å². The summed E-state index contributed by atoms with van der Waals surface area (Å²) in [4.78, 5) is 20.6. The van der Waals surface area contributed by atoms with Gasteiger partial charge < -0.3 is 14.5 Å². The fourth-order valence-electron chi connectivity index (χ4n) is 7.49. The smallest absolute Gasteiger partial charge is 0.227 e. The van der Waals surface area contributed by atoms with Crippen LogP contribution < -0.4 is 4.90 Å². The molecule has 1 amide bonds. The second-order valence-corrected chi connectivity index (χ2v) is 11.7. The van der Waals surface area contributed by atoms with Crippen LogP contribution in [0.5, 0.6) is 0 Å². The number of likely N-dealkylation sites (tertiary alicyclic amines) is 1. The van der Waals surface area contributed by atoms with Crippen molar-refractivity contribution >= 4 is 11.6 Å². The molecule has 6 atom stereocenters. The molecule has 2 aromatic rings. The summed E-state index contributed by atoms with van der Waals surface area (Å²) in [5.74, 6) is -2.15. The summed E-state index contributed by atoms with van der Waals surface area (Å²) < 4.78 is 48.3. The van der Waals surface area contributed by atoms with Gasteiger partial charge in [0.25, 0.3) is 0 Å². The van der Waals surface area contributed by atoms with Gasteiger partial charge in [0, 0.05) is 62.0 Å². The van der Waals surface area contributed by atoms with E-state index in [4.69, 9.17) is 4.74 Å². The summed E-state index contributed by atoms with van der Waals surface area (Å²) in [5, 5.41) is 0. The number of benzene rings is 2. The van der Waals surface area contributed by atoms with Crippen molar-refractivity contribution in [1.82, 2.24) is 9.80 Å². The predicted octanol–water partition coefficient (Wildman–Crippen LogP) is 4.96. The van der Waals surface area contributed by atoms with Gasteiger partial charge in [-0.15, -0.1) is 0 Å². The van der Waals surface area contributed by atoms with E-state index in [9.17, 15) is 13.6 Å². The van der Waals surface area contributed by atoms with Crippen molar-refractivity contribution in [2.24, 2.45) is 5.92 Å². The Bertz CT molecular complexity index is 1150. The summed E-state index contributed by atoms with van der Waals surface area (Å²) in [5.41, 5.74) is 1.36. The summed E-state index contributed by atoms with van der Waals surface area (Å²) in [7, 11) is 0. The minimum atomic E-state index is -0.607. The fourth-order valence-corrected chi connectivity index (χ4v) is 7.49. The largest absolute Gasteiger partial charge is 0.375 e. The number of hydrogen-bond donors (Lipinski definition) is 0. The Hall–Kier alpha value is -2.58. The Kier molecular flexibility index (Phi) is 6.89. The first-order chi connectivity index (χ1) is 18.3. The molecular weight excluding hydrogens is 491 g/mol. The average Bonchev–Trinajstić information content (AvgIpc) is 3.47. The zero-order valence-corrected chi connectivity index (χ0v) is 22.0. The van der Waals surface area contributed by atoms with E-state index < -0.39 is 17.6 Å². The average molecular weight is 528 g/mol. The summed E-state index contributed by atoms with van der Waals surface area (Å²) in [6.07, 6.45) is 4.61. The van der Waals surface area contributed by atoms with Crippen LogP contribution in [0.15, 0.2) is 42.5 Å². The van der Waals surface area contributed by atoms with Gasteiger partial charge in [0.05, 0.1) is 18.1 Å². The number of amides is 1. The summed E-state index contributed by atoms with van der Waals surface area (Å²) >= 11 is 0. The summed E-state index contributed by atoms with van der Waals surface area (Å²) in [6.45, 7) is 6.40. The molecule has 2 aromatic carbocycles. The lowest BCUT2D eigenvalue weighted by molar-refractivity contribution is -0.137. The van der Waals surface area contributed by atoms with Gasteiger partial charge in [-0.3, -0.25) is 9.69 Å². The Morgan fingerprint density at radius 1 is 0.842 bits per heavy atom. The molecule has 2 bridgehead atoms. The first-order valence-electron chi connectivity index (χ1n) is 13.9. The van der Waals surface area contributed by atoms with Gasteiger partial charge in [-0.05, 0) is 75.4 Å². The fraction of sp³-hybridized carbons (Fsp3) is 0.567. The zero-order valence-electron chi connectivity index (χ0n) is 22.0. The highest BCUT2D eigenvalue weighted by Gasteiger charge is 2.47. The molecule has 4 fully saturated rings. The maximum Gasteiger partial charge on any atom is 0.227 e. The third kappa shape index (κ3) is 4.81. The summed E-state index contributed by atoms with van der Waals surface area (Å²) in [6, 6.07) is 10.6. The third-order valence-electron chi connectivity index (χ3n) is 9.16. The molecule has 0 spiro atoms. The van der Waals surface area contributed by atoms with Gasteiger partial charge >= 0.3 is 0 Å². The van der Waals surface area contributed by atoms with Gasteiger partial charge in [0.15, 0.2) is 0 Å². The molecule has 5 nitrogen and oxygen atoms in total. The number of nitrogens with zero attached hydrogens (tertiary/aromatic N) is 3. The first-order valence-corrected chi connectivity index (χ1v) is 13.9. The van der Waals surface area contributed by atoms with Crippen molar-refractivity contribution in [1.29, 1.82) is 0 Å². The molecule has 4 aliphatic rings. The second kappa shape index (κ2) is 10.2. The number of fused-ring (bicyclic) bond motifs is 2. The zero-order chi connectivity index (χ0) is 26.6. The van der Waals surface area contributed by atoms with Crippen LogP contribution in [-0.4, -0.2) is 72.2 Å². The molecule has 38 heavy (non-hydrogen) atoms. The van der Waals surface area contributed by atoms with Gasteiger partial charge in [-0.1, -0.05) is 6.07 Å². The number of ether oxygens (including phenoxy) is 1. The number of rotatable bonds is 4. The van der Waals surface area contributed by atoms with Crippen molar-refractivity contribution in [3.05, 3.63) is 65.5 Å². The molecule has 4 aliphatic heterocycles. The quantitative estimate of drug-likeness (QED) is 0.564. The standard InChI is InChI=1S/C30H36F3N3O2/c1-18-14-35(15-19(2)36(18)22-6-3-20(31)4-7-22)30(37)28-17-34(23-12-24-8-9-25(13-23)38-24)16-27(28)26-10-5-21(32)11-29(26)33/h3-7,10-11,18-19,23-25,27-28H,8-9,12-17H2,1-2H3/t18-,19+,23?,24?,25?,27?,28?. The molecule has 4 saturated heterocycles. The second-order valence-electron chi connectivity index (χ2n) is 11.7. The molecule has 0 N–H and O–H groups in total. The molecule has 0 radical (unpaired) electrons.